The van der Waals surface area contributed by atoms with Gasteiger partial charge in [-0.25, -0.2) is 22.5 Å². The van der Waals surface area contributed by atoms with E-state index in [-0.39, 0.29) is 36.0 Å². The Morgan fingerprint density at radius 3 is 2.74 bits per heavy atom. The van der Waals surface area contributed by atoms with Crippen molar-refractivity contribution in [1.82, 2.24) is 28.9 Å². The summed E-state index contributed by atoms with van der Waals surface area (Å²) >= 11 is 1.33. The van der Waals surface area contributed by atoms with E-state index in [1.165, 1.54) is 34.0 Å². The minimum absolute atomic E-state index is 0.00233. The molecule has 1 aliphatic heterocycles. The van der Waals surface area contributed by atoms with Gasteiger partial charge in [0, 0.05) is 31.2 Å². The van der Waals surface area contributed by atoms with E-state index in [0.717, 1.165) is 23.3 Å². The molecule has 9 nitrogen and oxygen atoms in total. The molecule has 38 heavy (non-hydrogen) atoms. The molecule has 0 spiro atoms. The van der Waals surface area contributed by atoms with E-state index in [0.29, 0.717) is 24.3 Å². The summed E-state index contributed by atoms with van der Waals surface area (Å²) in [6.45, 7) is 2.85. The van der Waals surface area contributed by atoms with Gasteiger partial charge in [-0.05, 0) is 55.2 Å². The van der Waals surface area contributed by atoms with Crippen molar-refractivity contribution in [3.8, 4) is 5.69 Å². The second-order valence-electron chi connectivity index (χ2n) is 9.60. The lowest BCUT2D eigenvalue weighted by atomic mass is 9.65. The molecule has 2 aliphatic rings. The van der Waals surface area contributed by atoms with Crippen LogP contribution in [-0.2, 0) is 23.0 Å². The number of thiazole rings is 1. The van der Waals surface area contributed by atoms with Crippen molar-refractivity contribution in [1.29, 1.82) is 0 Å². The Balaban J connectivity index is 1.41. The number of Topliss-reactive ketones (excluding diaryl/α,β-unsaturated/α-hetero) is 1. The van der Waals surface area contributed by atoms with Gasteiger partial charge in [-0.1, -0.05) is 12.5 Å². The van der Waals surface area contributed by atoms with E-state index in [4.69, 9.17) is 0 Å². The van der Waals surface area contributed by atoms with Gasteiger partial charge in [-0.15, -0.1) is 11.3 Å². The lowest BCUT2D eigenvalue weighted by Gasteiger charge is -2.44. The van der Waals surface area contributed by atoms with Crippen molar-refractivity contribution >= 4 is 33.2 Å². The van der Waals surface area contributed by atoms with Crippen LogP contribution in [0.5, 0.6) is 0 Å². The first-order chi connectivity index (χ1) is 18.3. The smallest absolute Gasteiger partial charge is 0.246 e. The Bertz CT molecular complexity index is 1640. The number of aromatic nitrogens is 5. The average molecular weight is 553 g/mol. The third kappa shape index (κ3) is 4.03. The topological polar surface area (TPSA) is 103 Å². The van der Waals surface area contributed by atoms with Gasteiger partial charge in [-0.2, -0.15) is 14.5 Å². The van der Waals surface area contributed by atoms with Gasteiger partial charge in [0.15, 0.2) is 5.78 Å². The van der Waals surface area contributed by atoms with E-state index in [1.54, 1.807) is 44.8 Å². The number of benzene rings is 1. The number of fused-ring (bicyclic) bond motifs is 2. The summed E-state index contributed by atoms with van der Waals surface area (Å²) < 4.78 is 45.6. The van der Waals surface area contributed by atoms with Crippen molar-refractivity contribution < 1.29 is 17.6 Å². The zero-order valence-electron chi connectivity index (χ0n) is 20.6. The monoisotopic (exact) mass is 552 g/mol. The number of piperidine rings is 1. The maximum Gasteiger partial charge on any atom is 0.246 e. The Labute approximate surface area is 223 Å². The molecule has 0 radical (unpaired) electrons. The lowest BCUT2D eigenvalue weighted by Crippen LogP contribution is -2.53. The first-order valence-corrected chi connectivity index (χ1v) is 14.7. The van der Waals surface area contributed by atoms with Crippen molar-refractivity contribution in [2.24, 2.45) is 5.41 Å². The largest absolute Gasteiger partial charge is 0.291 e. The standard InChI is InChI=1S/C26H25FN6O3S2/c1-2-8-31-14-22(13-29-31)38(35,36)32-9-7-19-10-24-18(12-30-33(24)21-5-3-20(27)4-6-21)11-26(19,16-32)25(34)23-15-37-17-28-23/h3-6,10,12-15,17H,2,7-9,11,16H2,1H3. The van der Waals surface area contributed by atoms with Crippen LogP contribution in [0.3, 0.4) is 0 Å². The fraction of sp³-hybridized carbons (Fsp3) is 0.308. The van der Waals surface area contributed by atoms with Crippen molar-refractivity contribution in [3.05, 3.63) is 82.1 Å². The molecule has 4 heterocycles. The summed E-state index contributed by atoms with van der Waals surface area (Å²) in [5.74, 6) is -0.540. The van der Waals surface area contributed by atoms with Crippen LogP contribution < -0.4 is 0 Å². The summed E-state index contributed by atoms with van der Waals surface area (Å²) in [5, 5.41) is 10.4. The summed E-state index contributed by atoms with van der Waals surface area (Å²) in [6, 6.07) is 6.05. The van der Waals surface area contributed by atoms with Crippen LogP contribution in [0.2, 0.25) is 0 Å². The molecular weight excluding hydrogens is 527 g/mol. The molecule has 0 saturated carbocycles. The maximum atomic E-state index is 14.0. The van der Waals surface area contributed by atoms with Crippen LogP contribution in [0.1, 0.15) is 41.5 Å². The number of ketones is 1. The highest BCUT2D eigenvalue weighted by Crippen LogP contribution is 2.47. The van der Waals surface area contributed by atoms with Crippen LogP contribution in [0, 0.1) is 11.2 Å². The molecule has 3 aromatic heterocycles. The minimum Gasteiger partial charge on any atom is -0.291 e. The Kier molecular flexibility index (Phi) is 6.12. The Morgan fingerprint density at radius 2 is 2.00 bits per heavy atom. The van der Waals surface area contributed by atoms with Crippen molar-refractivity contribution in [2.45, 2.75) is 37.6 Å². The first-order valence-electron chi connectivity index (χ1n) is 12.3. The quantitative estimate of drug-likeness (QED) is 0.322. The minimum atomic E-state index is -3.87. The molecule has 1 aliphatic carbocycles. The number of carbonyl (C=O) groups excluding carboxylic acids is 1. The third-order valence-corrected chi connectivity index (χ3v) is 9.64. The highest BCUT2D eigenvalue weighted by atomic mass is 32.2. The van der Waals surface area contributed by atoms with Gasteiger partial charge in [0.05, 0.1) is 34.7 Å². The summed E-state index contributed by atoms with van der Waals surface area (Å²) in [4.78, 5) is 18.4. The highest BCUT2D eigenvalue weighted by molar-refractivity contribution is 7.89. The maximum absolute atomic E-state index is 14.0. The molecule has 1 atom stereocenters. The number of hydrogen-bond donors (Lipinski definition) is 0. The van der Waals surface area contributed by atoms with Gasteiger partial charge in [0.25, 0.3) is 0 Å². The SMILES string of the molecule is CCCn1cc(S(=O)(=O)N2CCC3=Cc4c(cnn4-c4ccc(F)cc4)CC3(C(=O)c3cscn3)C2)cn1. The zero-order valence-corrected chi connectivity index (χ0v) is 22.3. The zero-order chi connectivity index (χ0) is 26.5. The second-order valence-corrected chi connectivity index (χ2v) is 12.3. The molecule has 12 heteroatoms. The molecule has 0 N–H and O–H groups in total. The molecule has 4 aromatic rings. The predicted octanol–water partition coefficient (Wildman–Crippen LogP) is 3.98. The summed E-state index contributed by atoms with van der Waals surface area (Å²) in [6.07, 6.45) is 8.06. The molecule has 1 saturated heterocycles. The fourth-order valence-electron chi connectivity index (χ4n) is 5.36. The van der Waals surface area contributed by atoms with Crippen LogP contribution in [0.25, 0.3) is 11.8 Å². The highest BCUT2D eigenvalue weighted by Gasteiger charge is 2.51. The molecule has 1 aromatic carbocycles. The van der Waals surface area contributed by atoms with Crippen molar-refractivity contribution in [3.63, 3.8) is 0 Å². The molecular formula is C26H25FN6O3S2. The normalized spacial score (nSPS) is 19.6. The summed E-state index contributed by atoms with van der Waals surface area (Å²) in [7, 11) is -3.87. The van der Waals surface area contributed by atoms with Crippen LogP contribution in [-0.4, -0.2) is 56.1 Å². The Morgan fingerprint density at radius 1 is 1.18 bits per heavy atom. The van der Waals surface area contributed by atoms with E-state index in [1.807, 2.05) is 13.0 Å². The van der Waals surface area contributed by atoms with E-state index in [9.17, 15) is 17.6 Å². The summed E-state index contributed by atoms with van der Waals surface area (Å²) in [5.41, 5.74) is 4.00. The molecule has 196 valence electrons. The third-order valence-electron chi connectivity index (χ3n) is 7.25. The molecule has 6 rings (SSSR count). The number of aryl methyl sites for hydroxylation is 1. The van der Waals surface area contributed by atoms with Crippen molar-refractivity contribution in [2.75, 3.05) is 13.1 Å². The average Bonchev–Trinajstić information content (AvgIpc) is 3.69. The number of rotatable bonds is 7. The molecule has 1 fully saturated rings. The predicted molar refractivity (Wildman–Crippen MR) is 140 cm³/mol. The first kappa shape index (κ1) is 24.8. The number of carbonyl (C=O) groups is 1. The number of nitrogens with zero attached hydrogens (tertiary/aromatic N) is 6. The van der Waals surface area contributed by atoms with Gasteiger partial charge >= 0.3 is 0 Å². The Hall–Kier alpha value is -3.48. The number of sulfonamides is 1. The van der Waals surface area contributed by atoms with E-state index >= 15 is 0 Å². The van der Waals surface area contributed by atoms with Crippen LogP contribution >= 0.6 is 11.3 Å². The number of halogens is 1. The van der Waals surface area contributed by atoms with Gasteiger partial charge in [-0.3, -0.25) is 9.48 Å². The second kappa shape index (κ2) is 9.37. The van der Waals surface area contributed by atoms with Gasteiger partial charge in [0.2, 0.25) is 10.0 Å². The molecule has 0 bridgehead atoms. The van der Waals surface area contributed by atoms with E-state index in [2.05, 4.69) is 15.2 Å². The number of hydrogen-bond acceptors (Lipinski definition) is 7. The van der Waals surface area contributed by atoms with Crippen LogP contribution in [0.15, 0.2) is 64.2 Å². The molecule has 1 unspecified atom stereocenters. The fourth-order valence-corrected chi connectivity index (χ4v) is 7.34. The van der Waals surface area contributed by atoms with E-state index < -0.39 is 15.4 Å². The molecule has 0 amide bonds. The lowest BCUT2D eigenvalue weighted by molar-refractivity contribution is 0.0771. The van der Waals surface area contributed by atoms with Gasteiger partial charge in [0.1, 0.15) is 16.4 Å². The van der Waals surface area contributed by atoms with Gasteiger partial charge < -0.3 is 0 Å². The van der Waals surface area contributed by atoms with Crippen LogP contribution in [0.4, 0.5) is 4.39 Å².